The van der Waals surface area contributed by atoms with Crippen LogP contribution in [0.5, 0.6) is 17.2 Å². The molecule has 4 nitrogen and oxygen atoms in total. The number of ether oxygens (including phenoxy) is 3. The van der Waals surface area contributed by atoms with Crippen LogP contribution in [0.1, 0.15) is 12.5 Å². The molecular formula is C13H19NO3S. The average Bonchev–Trinajstić information content (AvgIpc) is 2.75. The summed E-state index contributed by atoms with van der Waals surface area (Å²) in [6, 6.07) is 3.97. The highest BCUT2D eigenvalue weighted by Crippen LogP contribution is 2.38. The molecule has 0 radical (unpaired) electrons. The predicted octanol–water partition coefficient (Wildman–Crippen LogP) is 2.05. The highest BCUT2D eigenvalue weighted by Gasteiger charge is 2.18. The molecule has 1 aliphatic heterocycles. The number of nitrogens with two attached hydrogens (primary N) is 1. The van der Waals surface area contributed by atoms with Gasteiger partial charge in [-0.1, -0.05) is 0 Å². The number of rotatable bonds is 6. The topological polar surface area (TPSA) is 53.7 Å². The van der Waals surface area contributed by atoms with Crippen molar-refractivity contribution >= 4 is 11.8 Å². The normalized spacial score (nSPS) is 14.6. The lowest BCUT2D eigenvalue weighted by Crippen LogP contribution is -2.18. The molecule has 0 aromatic heterocycles. The molecular weight excluding hydrogens is 250 g/mol. The van der Waals surface area contributed by atoms with Crippen molar-refractivity contribution in [2.24, 2.45) is 5.73 Å². The number of thioether (sulfide) groups is 1. The third-order valence-corrected chi connectivity index (χ3v) is 3.22. The van der Waals surface area contributed by atoms with Crippen LogP contribution in [0.25, 0.3) is 0 Å². The Labute approximate surface area is 112 Å². The van der Waals surface area contributed by atoms with Crippen LogP contribution in [0, 0.1) is 0 Å². The van der Waals surface area contributed by atoms with Gasteiger partial charge in [-0.05, 0) is 31.2 Å². The fraction of sp³-hybridized carbons (Fsp3) is 0.538. The maximum atomic E-state index is 5.86. The third-order valence-electron chi connectivity index (χ3n) is 2.64. The summed E-state index contributed by atoms with van der Waals surface area (Å²) in [7, 11) is 0. The van der Waals surface area contributed by atoms with Gasteiger partial charge in [-0.2, -0.15) is 11.8 Å². The molecule has 2 N–H and O–H groups in total. The molecule has 18 heavy (non-hydrogen) atoms. The Bertz CT molecular complexity index is 409. The molecule has 0 spiro atoms. The van der Waals surface area contributed by atoms with Crippen molar-refractivity contribution in [1.82, 2.24) is 0 Å². The largest absolute Gasteiger partial charge is 0.492 e. The van der Waals surface area contributed by atoms with Crippen LogP contribution >= 0.6 is 11.8 Å². The molecule has 1 heterocycles. The molecule has 2 rings (SSSR count). The third kappa shape index (κ3) is 3.23. The van der Waals surface area contributed by atoms with Gasteiger partial charge >= 0.3 is 0 Å². The zero-order valence-electron chi connectivity index (χ0n) is 10.8. The summed E-state index contributed by atoms with van der Waals surface area (Å²) in [5, 5.41) is 0. The summed E-state index contributed by atoms with van der Waals surface area (Å²) in [6.45, 7) is 2.95. The number of benzene rings is 1. The first-order chi connectivity index (χ1) is 8.70. The molecule has 0 fully saturated rings. The van der Waals surface area contributed by atoms with Gasteiger partial charge < -0.3 is 19.9 Å². The summed E-state index contributed by atoms with van der Waals surface area (Å²) in [5.74, 6) is 3.35. The minimum atomic E-state index is 0.0910. The molecule has 0 saturated heterocycles. The summed E-state index contributed by atoms with van der Waals surface area (Å²) in [5.41, 5.74) is 6.94. The number of hydrogen-bond acceptors (Lipinski definition) is 5. The maximum Gasteiger partial charge on any atom is 0.231 e. The van der Waals surface area contributed by atoms with Crippen molar-refractivity contribution in [3.63, 3.8) is 0 Å². The molecule has 100 valence electrons. The quantitative estimate of drug-likeness (QED) is 0.801. The van der Waals surface area contributed by atoms with Crippen LogP contribution in [0.4, 0.5) is 0 Å². The Kier molecular flexibility index (Phi) is 4.60. The first kappa shape index (κ1) is 13.4. The van der Waals surface area contributed by atoms with Gasteiger partial charge in [-0.25, -0.2) is 0 Å². The van der Waals surface area contributed by atoms with Gasteiger partial charge in [0.25, 0.3) is 0 Å². The van der Waals surface area contributed by atoms with E-state index in [2.05, 4.69) is 6.26 Å². The van der Waals surface area contributed by atoms with Crippen molar-refractivity contribution in [2.75, 3.05) is 25.4 Å². The Hall–Kier alpha value is -1.07. The molecule has 1 unspecified atom stereocenters. The van der Waals surface area contributed by atoms with Crippen LogP contribution in [0.2, 0.25) is 0 Å². The van der Waals surface area contributed by atoms with Crippen molar-refractivity contribution in [1.29, 1.82) is 0 Å². The summed E-state index contributed by atoms with van der Waals surface area (Å²) in [4.78, 5) is 0. The summed E-state index contributed by atoms with van der Waals surface area (Å²) < 4.78 is 16.5. The van der Waals surface area contributed by atoms with E-state index in [0.29, 0.717) is 6.61 Å². The predicted molar refractivity (Wildman–Crippen MR) is 73.8 cm³/mol. The summed E-state index contributed by atoms with van der Waals surface area (Å²) in [6.07, 6.45) is 2.83. The second-order valence-electron chi connectivity index (χ2n) is 4.34. The minimum absolute atomic E-state index is 0.0910. The fourth-order valence-corrected chi connectivity index (χ4v) is 2.09. The lowest BCUT2D eigenvalue weighted by Gasteiger charge is -2.13. The highest BCUT2D eigenvalue weighted by atomic mass is 32.2. The maximum absolute atomic E-state index is 5.86. The van der Waals surface area contributed by atoms with E-state index in [9.17, 15) is 0 Å². The van der Waals surface area contributed by atoms with Gasteiger partial charge in [0.05, 0.1) is 6.61 Å². The molecule has 1 aromatic carbocycles. The first-order valence-corrected chi connectivity index (χ1v) is 7.40. The van der Waals surface area contributed by atoms with Gasteiger partial charge in [0, 0.05) is 17.9 Å². The van der Waals surface area contributed by atoms with Crippen LogP contribution in [0.3, 0.4) is 0 Å². The van der Waals surface area contributed by atoms with Gasteiger partial charge in [0.15, 0.2) is 11.5 Å². The minimum Gasteiger partial charge on any atom is -0.492 e. The molecule has 0 bridgehead atoms. The van der Waals surface area contributed by atoms with Crippen LogP contribution in [-0.4, -0.2) is 31.5 Å². The first-order valence-electron chi connectivity index (χ1n) is 6.00. The summed E-state index contributed by atoms with van der Waals surface area (Å²) >= 11 is 1.76. The van der Waals surface area contributed by atoms with E-state index in [1.807, 2.05) is 19.1 Å². The Balaban J connectivity index is 2.18. The zero-order valence-corrected chi connectivity index (χ0v) is 11.6. The smallest absolute Gasteiger partial charge is 0.231 e. The van der Waals surface area contributed by atoms with Crippen LogP contribution in [0.15, 0.2) is 12.1 Å². The number of hydrogen-bond donors (Lipinski definition) is 1. The van der Waals surface area contributed by atoms with E-state index in [4.69, 9.17) is 19.9 Å². The van der Waals surface area contributed by atoms with Crippen molar-refractivity contribution < 1.29 is 14.2 Å². The molecule has 1 aliphatic rings. The SMILES string of the molecule is CSCCOc1cc2c(cc1CC(C)N)OCO2. The van der Waals surface area contributed by atoms with E-state index in [1.165, 1.54) is 0 Å². The Morgan fingerprint density at radius 3 is 2.78 bits per heavy atom. The highest BCUT2D eigenvalue weighted by molar-refractivity contribution is 7.98. The molecule has 5 heteroatoms. The Morgan fingerprint density at radius 1 is 1.39 bits per heavy atom. The molecule has 1 atom stereocenters. The average molecular weight is 269 g/mol. The second kappa shape index (κ2) is 6.20. The van der Waals surface area contributed by atoms with E-state index in [-0.39, 0.29) is 12.8 Å². The Morgan fingerprint density at radius 2 is 2.11 bits per heavy atom. The van der Waals surface area contributed by atoms with E-state index in [1.54, 1.807) is 11.8 Å². The van der Waals surface area contributed by atoms with Crippen molar-refractivity contribution in [3.05, 3.63) is 17.7 Å². The van der Waals surface area contributed by atoms with Crippen molar-refractivity contribution in [3.8, 4) is 17.2 Å². The van der Waals surface area contributed by atoms with E-state index < -0.39 is 0 Å². The lowest BCUT2D eigenvalue weighted by molar-refractivity contribution is 0.173. The van der Waals surface area contributed by atoms with Gasteiger partial charge in [-0.15, -0.1) is 0 Å². The molecule has 0 amide bonds. The molecule has 0 aliphatic carbocycles. The van der Waals surface area contributed by atoms with Gasteiger partial charge in [-0.3, -0.25) is 0 Å². The second-order valence-corrected chi connectivity index (χ2v) is 5.32. The van der Waals surface area contributed by atoms with Crippen LogP contribution in [-0.2, 0) is 6.42 Å². The van der Waals surface area contributed by atoms with E-state index in [0.717, 1.165) is 35.0 Å². The van der Waals surface area contributed by atoms with Gasteiger partial charge in [0.1, 0.15) is 5.75 Å². The standard InChI is InChI=1S/C13H19NO3S/c1-9(14)5-10-6-12-13(17-8-16-12)7-11(10)15-3-4-18-2/h6-7,9H,3-5,8,14H2,1-2H3. The molecule has 0 saturated carbocycles. The lowest BCUT2D eigenvalue weighted by atomic mass is 10.1. The van der Waals surface area contributed by atoms with Crippen LogP contribution < -0.4 is 19.9 Å². The van der Waals surface area contributed by atoms with Gasteiger partial charge in [0.2, 0.25) is 6.79 Å². The zero-order chi connectivity index (χ0) is 13.0. The fourth-order valence-electron chi connectivity index (χ4n) is 1.84. The monoisotopic (exact) mass is 269 g/mol. The van der Waals surface area contributed by atoms with Crippen molar-refractivity contribution in [2.45, 2.75) is 19.4 Å². The molecule has 1 aromatic rings. The number of fused-ring (bicyclic) bond motifs is 1. The van der Waals surface area contributed by atoms with E-state index >= 15 is 0 Å².